The van der Waals surface area contributed by atoms with Crippen molar-refractivity contribution >= 4 is 5.82 Å². The minimum Gasteiger partial charge on any atom is -0.480 e. The molecular formula is C21H20N2O. The summed E-state index contributed by atoms with van der Waals surface area (Å²) in [7, 11) is 0. The Morgan fingerprint density at radius 3 is 2.46 bits per heavy atom. The summed E-state index contributed by atoms with van der Waals surface area (Å²) in [6.45, 7) is 1.75. The number of aromatic nitrogens is 1. The number of rotatable bonds is 4. The second-order valence-electron chi connectivity index (χ2n) is 6.02. The van der Waals surface area contributed by atoms with Crippen molar-refractivity contribution in [1.82, 2.24) is 4.98 Å². The van der Waals surface area contributed by atoms with E-state index in [1.807, 2.05) is 24.4 Å². The van der Waals surface area contributed by atoms with Gasteiger partial charge in [-0.1, -0.05) is 60.7 Å². The summed E-state index contributed by atoms with van der Waals surface area (Å²) in [6, 6.07) is 24.9. The lowest BCUT2D eigenvalue weighted by molar-refractivity contribution is 0.195. The molecule has 3 nitrogen and oxygen atoms in total. The van der Waals surface area contributed by atoms with Crippen LogP contribution in [0.1, 0.15) is 17.2 Å². The van der Waals surface area contributed by atoms with Crippen molar-refractivity contribution in [1.29, 1.82) is 0 Å². The lowest BCUT2D eigenvalue weighted by atomic mass is 10.1. The second-order valence-corrected chi connectivity index (χ2v) is 6.02. The van der Waals surface area contributed by atoms with Gasteiger partial charge in [-0.25, -0.2) is 4.98 Å². The van der Waals surface area contributed by atoms with Gasteiger partial charge < -0.3 is 9.64 Å². The first kappa shape index (κ1) is 14.8. The predicted octanol–water partition coefficient (Wildman–Crippen LogP) is 4.26. The minimum atomic E-state index is 0.0404. The number of benzene rings is 2. The Labute approximate surface area is 142 Å². The van der Waals surface area contributed by atoms with Crippen molar-refractivity contribution in [3.63, 3.8) is 0 Å². The van der Waals surface area contributed by atoms with Crippen LogP contribution in [-0.2, 0) is 6.42 Å². The van der Waals surface area contributed by atoms with Gasteiger partial charge in [0.25, 0.3) is 0 Å². The zero-order valence-electron chi connectivity index (χ0n) is 13.5. The molecule has 0 bridgehead atoms. The van der Waals surface area contributed by atoms with Gasteiger partial charge in [-0.3, -0.25) is 0 Å². The average molecular weight is 316 g/mol. The highest BCUT2D eigenvalue weighted by Gasteiger charge is 2.27. The highest BCUT2D eigenvalue weighted by Crippen LogP contribution is 2.36. The minimum absolute atomic E-state index is 0.0404. The van der Waals surface area contributed by atoms with Crippen LogP contribution in [0.2, 0.25) is 0 Å². The van der Waals surface area contributed by atoms with Gasteiger partial charge in [-0.15, -0.1) is 0 Å². The standard InChI is InChI=1S/C21H20N2O/c1-3-8-17(9-4-1)13-15-23-16-20(18-10-5-2-6-11-18)24-19-12-7-14-22-21(19)23/h1-12,14,20H,13,15-16H2. The molecular weight excluding hydrogens is 296 g/mol. The van der Waals surface area contributed by atoms with E-state index in [0.29, 0.717) is 0 Å². The van der Waals surface area contributed by atoms with Gasteiger partial charge in [-0.05, 0) is 29.7 Å². The molecule has 0 spiro atoms. The first-order valence-corrected chi connectivity index (χ1v) is 8.35. The van der Waals surface area contributed by atoms with Crippen LogP contribution >= 0.6 is 0 Å². The van der Waals surface area contributed by atoms with Crippen molar-refractivity contribution in [2.75, 3.05) is 18.0 Å². The summed E-state index contributed by atoms with van der Waals surface area (Å²) < 4.78 is 6.20. The van der Waals surface area contributed by atoms with Crippen molar-refractivity contribution < 1.29 is 4.74 Å². The molecule has 3 aromatic rings. The molecule has 0 aliphatic carbocycles. The van der Waals surface area contributed by atoms with Crippen LogP contribution in [0.4, 0.5) is 5.82 Å². The molecule has 0 radical (unpaired) electrons. The summed E-state index contributed by atoms with van der Waals surface area (Å²) in [6.07, 6.45) is 2.87. The van der Waals surface area contributed by atoms with E-state index in [9.17, 15) is 0 Å². The van der Waals surface area contributed by atoms with Crippen molar-refractivity contribution in [2.24, 2.45) is 0 Å². The number of pyridine rings is 1. The Kier molecular flexibility index (Phi) is 4.15. The molecule has 2 aromatic carbocycles. The first-order chi connectivity index (χ1) is 11.9. The number of hydrogen-bond donors (Lipinski definition) is 0. The van der Waals surface area contributed by atoms with Crippen LogP contribution < -0.4 is 9.64 Å². The Morgan fingerprint density at radius 1 is 0.917 bits per heavy atom. The fraction of sp³-hybridized carbons (Fsp3) is 0.190. The molecule has 2 heterocycles. The third-order valence-electron chi connectivity index (χ3n) is 4.39. The van der Waals surface area contributed by atoms with Crippen LogP contribution in [0, 0.1) is 0 Å². The van der Waals surface area contributed by atoms with Gasteiger partial charge in [0, 0.05) is 12.7 Å². The SMILES string of the molecule is c1ccc(CCN2CC(c3ccccc3)Oc3cccnc32)cc1. The number of fused-ring (bicyclic) bond motifs is 1. The Morgan fingerprint density at radius 2 is 1.67 bits per heavy atom. The van der Waals surface area contributed by atoms with E-state index in [1.54, 1.807) is 0 Å². The normalized spacial score (nSPS) is 16.3. The Hall–Kier alpha value is -2.81. The number of nitrogens with zero attached hydrogens (tertiary/aromatic N) is 2. The topological polar surface area (TPSA) is 25.4 Å². The van der Waals surface area contributed by atoms with E-state index in [0.717, 1.165) is 31.1 Å². The fourth-order valence-corrected chi connectivity index (χ4v) is 3.14. The van der Waals surface area contributed by atoms with E-state index >= 15 is 0 Å². The zero-order valence-corrected chi connectivity index (χ0v) is 13.5. The molecule has 1 aliphatic rings. The largest absolute Gasteiger partial charge is 0.480 e. The summed E-state index contributed by atoms with van der Waals surface area (Å²) in [4.78, 5) is 6.88. The molecule has 120 valence electrons. The van der Waals surface area contributed by atoms with Crippen molar-refractivity contribution in [2.45, 2.75) is 12.5 Å². The van der Waals surface area contributed by atoms with Gasteiger partial charge in [-0.2, -0.15) is 0 Å². The van der Waals surface area contributed by atoms with Gasteiger partial charge in [0.15, 0.2) is 11.6 Å². The quantitative estimate of drug-likeness (QED) is 0.719. The van der Waals surface area contributed by atoms with E-state index < -0.39 is 0 Å². The molecule has 1 aromatic heterocycles. The molecule has 0 N–H and O–H groups in total. The van der Waals surface area contributed by atoms with Crippen LogP contribution in [0.25, 0.3) is 0 Å². The molecule has 0 amide bonds. The molecule has 0 saturated carbocycles. The zero-order chi connectivity index (χ0) is 16.2. The summed E-state index contributed by atoms with van der Waals surface area (Å²) in [5.41, 5.74) is 2.55. The van der Waals surface area contributed by atoms with Gasteiger partial charge in [0.2, 0.25) is 0 Å². The first-order valence-electron chi connectivity index (χ1n) is 8.35. The lowest BCUT2D eigenvalue weighted by Crippen LogP contribution is -2.37. The van der Waals surface area contributed by atoms with E-state index in [-0.39, 0.29) is 6.10 Å². The number of hydrogen-bond acceptors (Lipinski definition) is 3. The van der Waals surface area contributed by atoms with Crippen LogP contribution in [0.15, 0.2) is 79.0 Å². The third kappa shape index (κ3) is 3.11. The lowest BCUT2D eigenvalue weighted by Gasteiger charge is -2.35. The Balaban J connectivity index is 1.57. The van der Waals surface area contributed by atoms with Gasteiger partial charge in [0.1, 0.15) is 6.10 Å². The van der Waals surface area contributed by atoms with Gasteiger partial charge >= 0.3 is 0 Å². The molecule has 0 saturated heterocycles. The Bertz CT molecular complexity index is 789. The third-order valence-corrected chi connectivity index (χ3v) is 4.39. The maximum absolute atomic E-state index is 6.20. The smallest absolute Gasteiger partial charge is 0.171 e. The number of anilines is 1. The predicted molar refractivity (Wildman–Crippen MR) is 96.4 cm³/mol. The maximum Gasteiger partial charge on any atom is 0.171 e. The fourth-order valence-electron chi connectivity index (χ4n) is 3.14. The summed E-state index contributed by atoms with van der Waals surface area (Å²) >= 11 is 0. The molecule has 3 heteroatoms. The van der Waals surface area contributed by atoms with Crippen LogP contribution in [0.3, 0.4) is 0 Å². The summed E-state index contributed by atoms with van der Waals surface area (Å²) in [5, 5.41) is 0. The second kappa shape index (κ2) is 6.75. The average Bonchev–Trinajstić information content (AvgIpc) is 2.67. The van der Waals surface area contributed by atoms with Crippen molar-refractivity contribution in [3.05, 3.63) is 90.1 Å². The highest BCUT2D eigenvalue weighted by atomic mass is 16.5. The molecule has 4 rings (SSSR count). The molecule has 1 atom stereocenters. The van der Waals surface area contributed by atoms with Gasteiger partial charge in [0.05, 0.1) is 6.54 Å². The highest BCUT2D eigenvalue weighted by molar-refractivity contribution is 5.54. The van der Waals surface area contributed by atoms with Crippen LogP contribution in [0.5, 0.6) is 5.75 Å². The summed E-state index contributed by atoms with van der Waals surface area (Å²) in [5.74, 6) is 1.81. The molecule has 0 fully saturated rings. The van der Waals surface area contributed by atoms with E-state index in [2.05, 4.69) is 64.5 Å². The van der Waals surface area contributed by atoms with Crippen LogP contribution in [-0.4, -0.2) is 18.1 Å². The van der Waals surface area contributed by atoms with E-state index in [4.69, 9.17) is 4.74 Å². The maximum atomic E-state index is 6.20. The van der Waals surface area contributed by atoms with E-state index in [1.165, 1.54) is 11.1 Å². The molecule has 24 heavy (non-hydrogen) atoms. The number of ether oxygens (including phenoxy) is 1. The molecule has 1 aliphatic heterocycles. The molecule has 1 unspecified atom stereocenters. The van der Waals surface area contributed by atoms with Crippen molar-refractivity contribution in [3.8, 4) is 5.75 Å². The monoisotopic (exact) mass is 316 g/mol.